The lowest BCUT2D eigenvalue weighted by molar-refractivity contribution is 0.0642. The van der Waals surface area contributed by atoms with E-state index >= 15 is 0 Å². The van der Waals surface area contributed by atoms with Crippen molar-refractivity contribution in [1.82, 2.24) is 4.90 Å². The number of nitrogens with two attached hydrogens (primary N) is 1. The van der Waals surface area contributed by atoms with E-state index in [0.717, 1.165) is 36.7 Å². The monoisotopic (exact) mass is 298 g/mol. The Balaban J connectivity index is 1.81. The van der Waals surface area contributed by atoms with E-state index in [-0.39, 0.29) is 11.5 Å². The number of benzene rings is 1. The Morgan fingerprint density at radius 3 is 2.86 bits per heavy atom. The maximum Gasteiger partial charge on any atom is 0.180 e. The van der Waals surface area contributed by atoms with Gasteiger partial charge in [0.25, 0.3) is 0 Å². The van der Waals surface area contributed by atoms with E-state index < -0.39 is 0 Å². The number of ketones is 1. The second-order valence-corrected chi connectivity index (χ2v) is 7.86. The van der Waals surface area contributed by atoms with Crippen LogP contribution in [0.3, 0.4) is 0 Å². The Morgan fingerprint density at radius 1 is 1.36 bits per heavy atom. The Bertz CT molecular complexity index is 622. The molecule has 2 bridgehead atoms. The number of rotatable bonds is 2. The minimum absolute atomic E-state index is 0.0595. The molecule has 3 nitrogen and oxygen atoms in total. The van der Waals surface area contributed by atoms with Crippen LogP contribution in [-0.2, 0) is 5.41 Å². The van der Waals surface area contributed by atoms with Crippen molar-refractivity contribution in [3.8, 4) is 0 Å². The molecular weight excluding hydrogens is 272 g/mol. The first-order valence-corrected chi connectivity index (χ1v) is 8.69. The van der Waals surface area contributed by atoms with Gasteiger partial charge in [-0.05, 0) is 73.2 Å². The fraction of sp³-hybridized carbons (Fsp3) is 0.632. The third-order valence-corrected chi connectivity index (χ3v) is 6.40. The Kier molecular flexibility index (Phi) is 3.12. The van der Waals surface area contributed by atoms with E-state index in [1.54, 1.807) is 0 Å². The van der Waals surface area contributed by atoms with Crippen LogP contribution in [0.15, 0.2) is 18.2 Å². The summed E-state index contributed by atoms with van der Waals surface area (Å²) in [6.45, 7) is 6.80. The third-order valence-electron chi connectivity index (χ3n) is 6.40. The molecular formula is C19H26N2O. The zero-order chi connectivity index (χ0) is 15.5. The van der Waals surface area contributed by atoms with Crippen molar-refractivity contribution in [1.29, 1.82) is 0 Å². The number of nitrogen functional groups attached to an aromatic ring is 1. The van der Waals surface area contributed by atoms with Gasteiger partial charge in [0.05, 0.1) is 6.04 Å². The van der Waals surface area contributed by atoms with Gasteiger partial charge in [-0.15, -0.1) is 0 Å². The molecule has 1 saturated heterocycles. The molecule has 1 aliphatic heterocycles. The number of likely N-dealkylation sites (tertiary alicyclic amines) is 1. The van der Waals surface area contributed by atoms with Crippen molar-refractivity contribution < 1.29 is 4.79 Å². The number of carbonyl (C=O) groups is 1. The number of carbonyl (C=O) groups excluding carboxylic acids is 1. The Hall–Kier alpha value is -1.35. The van der Waals surface area contributed by atoms with Crippen molar-refractivity contribution in [3.05, 3.63) is 29.3 Å². The fourth-order valence-corrected chi connectivity index (χ4v) is 4.70. The average molecular weight is 298 g/mol. The van der Waals surface area contributed by atoms with Crippen LogP contribution >= 0.6 is 0 Å². The summed E-state index contributed by atoms with van der Waals surface area (Å²) in [5.74, 6) is 1.51. The lowest BCUT2D eigenvalue weighted by Gasteiger charge is -2.46. The van der Waals surface area contributed by atoms with Gasteiger partial charge in [-0.25, -0.2) is 0 Å². The molecule has 1 saturated carbocycles. The van der Waals surface area contributed by atoms with E-state index in [4.69, 9.17) is 5.73 Å². The predicted octanol–water partition coefficient (Wildman–Crippen LogP) is 3.23. The second kappa shape index (κ2) is 4.82. The summed E-state index contributed by atoms with van der Waals surface area (Å²) in [5, 5.41) is 0. The van der Waals surface area contributed by atoms with Crippen molar-refractivity contribution >= 4 is 11.5 Å². The molecule has 118 valence electrons. The molecule has 3 aliphatic rings. The Labute approximate surface area is 132 Å². The largest absolute Gasteiger partial charge is 0.399 e. The summed E-state index contributed by atoms with van der Waals surface area (Å²) in [6, 6.07) is 5.96. The van der Waals surface area contributed by atoms with Crippen LogP contribution < -0.4 is 5.73 Å². The summed E-state index contributed by atoms with van der Waals surface area (Å²) in [4.78, 5) is 15.7. The highest BCUT2D eigenvalue weighted by Crippen LogP contribution is 2.49. The maximum atomic E-state index is 13.2. The molecule has 1 aromatic carbocycles. The average Bonchev–Trinajstić information content (AvgIpc) is 3.29. The molecule has 0 radical (unpaired) electrons. The van der Waals surface area contributed by atoms with E-state index in [9.17, 15) is 4.79 Å². The SMILES string of the molecule is C[C@H]1[C@H]2C(=O)c3ccc(N)cc3[C@]1(C)CCCN2CC1CC1. The van der Waals surface area contributed by atoms with Crippen molar-refractivity contribution in [2.24, 2.45) is 11.8 Å². The first-order valence-electron chi connectivity index (χ1n) is 8.69. The zero-order valence-electron chi connectivity index (χ0n) is 13.6. The highest BCUT2D eigenvalue weighted by atomic mass is 16.1. The fourth-order valence-electron chi connectivity index (χ4n) is 4.70. The van der Waals surface area contributed by atoms with Crippen LogP contribution in [0, 0.1) is 11.8 Å². The molecule has 0 unspecified atom stereocenters. The molecule has 2 N–H and O–H groups in total. The van der Waals surface area contributed by atoms with Crippen molar-refractivity contribution in [2.75, 3.05) is 18.8 Å². The lowest BCUT2D eigenvalue weighted by Crippen LogP contribution is -2.53. The first-order chi connectivity index (χ1) is 10.5. The van der Waals surface area contributed by atoms with Gasteiger partial charge in [0.2, 0.25) is 0 Å². The van der Waals surface area contributed by atoms with Crippen molar-refractivity contribution in [3.63, 3.8) is 0 Å². The number of hydrogen-bond donors (Lipinski definition) is 1. The highest BCUT2D eigenvalue weighted by molar-refractivity contribution is 6.03. The molecule has 22 heavy (non-hydrogen) atoms. The normalized spacial score (nSPS) is 35.1. The van der Waals surface area contributed by atoms with Gasteiger partial charge < -0.3 is 5.73 Å². The lowest BCUT2D eigenvalue weighted by atomic mass is 9.61. The zero-order valence-corrected chi connectivity index (χ0v) is 13.6. The maximum absolute atomic E-state index is 13.2. The summed E-state index contributed by atoms with van der Waals surface area (Å²) >= 11 is 0. The minimum Gasteiger partial charge on any atom is -0.399 e. The number of Topliss-reactive ketones (excluding diaryl/α,β-unsaturated/α-hetero) is 1. The molecule has 1 aromatic rings. The molecule has 4 rings (SSSR count). The molecule has 1 heterocycles. The van der Waals surface area contributed by atoms with Crippen LogP contribution in [0.5, 0.6) is 0 Å². The predicted molar refractivity (Wildman–Crippen MR) is 89.0 cm³/mol. The smallest absolute Gasteiger partial charge is 0.180 e. The number of anilines is 1. The summed E-state index contributed by atoms with van der Waals surface area (Å²) < 4.78 is 0. The molecule has 3 heteroatoms. The van der Waals surface area contributed by atoms with Gasteiger partial charge in [0, 0.05) is 17.8 Å². The topological polar surface area (TPSA) is 46.3 Å². The van der Waals surface area contributed by atoms with Gasteiger partial charge in [-0.1, -0.05) is 13.8 Å². The number of hydrogen-bond acceptors (Lipinski definition) is 3. The highest BCUT2D eigenvalue weighted by Gasteiger charge is 2.51. The van der Waals surface area contributed by atoms with E-state index in [2.05, 4.69) is 24.8 Å². The third kappa shape index (κ3) is 2.02. The molecule has 2 fully saturated rings. The van der Waals surface area contributed by atoms with Gasteiger partial charge in [-0.2, -0.15) is 0 Å². The second-order valence-electron chi connectivity index (χ2n) is 7.86. The molecule has 3 atom stereocenters. The first kappa shape index (κ1) is 14.3. The Morgan fingerprint density at radius 2 is 2.14 bits per heavy atom. The minimum atomic E-state index is 0.0595. The van der Waals surface area contributed by atoms with E-state index in [1.807, 2.05) is 12.1 Å². The quantitative estimate of drug-likeness (QED) is 0.853. The van der Waals surface area contributed by atoms with Gasteiger partial charge in [0.1, 0.15) is 0 Å². The molecule has 0 aromatic heterocycles. The van der Waals surface area contributed by atoms with Gasteiger partial charge in [0.15, 0.2) is 5.78 Å². The summed E-state index contributed by atoms with van der Waals surface area (Å²) in [7, 11) is 0. The van der Waals surface area contributed by atoms with Crippen LogP contribution in [0.25, 0.3) is 0 Å². The molecule has 2 aliphatic carbocycles. The summed E-state index contributed by atoms with van der Waals surface area (Å²) in [6.07, 6.45) is 5.01. The van der Waals surface area contributed by atoms with Crippen LogP contribution in [0.2, 0.25) is 0 Å². The van der Waals surface area contributed by atoms with Crippen LogP contribution in [0.1, 0.15) is 55.5 Å². The van der Waals surface area contributed by atoms with E-state index in [1.165, 1.54) is 24.8 Å². The molecule has 0 amide bonds. The number of fused-ring (bicyclic) bond motifs is 4. The van der Waals surface area contributed by atoms with Gasteiger partial charge in [-0.3, -0.25) is 9.69 Å². The summed E-state index contributed by atoms with van der Waals surface area (Å²) in [5.41, 5.74) is 8.97. The molecule has 0 spiro atoms. The standard InChI is InChI=1S/C19H26N2O/c1-12-17-18(22)15-7-6-14(20)10-16(15)19(12,2)8-3-9-21(17)11-13-4-5-13/h6-7,10,12-13,17H,3-5,8-9,11,20H2,1-2H3/t12-,17-,19+/m0/s1. The van der Waals surface area contributed by atoms with Gasteiger partial charge >= 0.3 is 0 Å². The van der Waals surface area contributed by atoms with E-state index in [0.29, 0.717) is 11.7 Å². The number of nitrogens with zero attached hydrogens (tertiary/aromatic N) is 1. The van der Waals surface area contributed by atoms with Crippen LogP contribution in [-0.4, -0.2) is 29.8 Å². The van der Waals surface area contributed by atoms with Crippen molar-refractivity contribution in [2.45, 2.75) is 51.0 Å². The van der Waals surface area contributed by atoms with Crippen LogP contribution in [0.4, 0.5) is 5.69 Å².